The van der Waals surface area contributed by atoms with E-state index < -0.39 is 11.5 Å². The van der Waals surface area contributed by atoms with Gasteiger partial charge >= 0.3 is 5.97 Å². The molecule has 1 heterocycles. The van der Waals surface area contributed by atoms with E-state index in [9.17, 15) is 9.90 Å². The van der Waals surface area contributed by atoms with Gasteiger partial charge in [0.15, 0.2) is 0 Å². The molecule has 0 bridgehead atoms. The lowest BCUT2D eigenvalue weighted by molar-refractivity contribution is -0.147. The summed E-state index contributed by atoms with van der Waals surface area (Å²) in [4.78, 5) is 11.7. The maximum Gasteiger partial charge on any atom is 0.323 e. The minimum absolute atomic E-state index is 0.183. The Balaban J connectivity index is 2.15. The van der Waals surface area contributed by atoms with Crippen LogP contribution in [0.1, 0.15) is 50.6 Å². The molecule has 0 spiro atoms. The van der Waals surface area contributed by atoms with Crippen LogP contribution in [0.5, 0.6) is 0 Å². The van der Waals surface area contributed by atoms with Crippen LogP contribution in [0.2, 0.25) is 0 Å². The first-order chi connectivity index (χ1) is 9.07. The molecule has 0 amide bonds. The topological polar surface area (TPSA) is 67.2 Å². The summed E-state index contributed by atoms with van der Waals surface area (Å²) in [5.74, 6) is -0.727. The largest absolute Gasteiger partial charge is 0.480 e. The third-order valence-electron chi connectivity index (χ3n) is 3.95. The van der Waals surface area contributed by atoms with Gasteiger partial charge in [-0.1, -0.05) is 6.92 Å². The van der Waals surface area contributed by atoms with Crippen molar-refractivity contribution in [2.45, 2.75) is 57.5 Å². The van der Waals surface area contributed by atoms with Gasteiger partial charge in [0.1, 0.15) is 5.54 Å². The molecular formula is C14H23N3O2. The van der Waals surface area contributed by atoms with E-state index in [2.05, 4.69) is 17.3 Å². The number of aliphatic carboxylic acids is 1. The quantitative estimate of drug-likeness (QED) is 0.856. The Kier molecular flexibility index (Phi) is 4.24. The Morgan fingerprint density at radius 3 is 3.05 bits per heavy atom. The summed E-state index contributed by atoms with van der Waals surface area (Å²) in [5.41, 5.74) is 0.340. The van der Waals surface area contributed by atoms with Crippen LogP contribution < -0.4 is 5.32 Å². The van der Waals surface area contributed by atoms with Gasteiger partial charge in [-0.15, -0.1) is 0 Å². The molecular weight excluding hydrogens is 242 g/mol. The van der Waals surface area contributed by atoms with E-state index in [1.54, 1.807) is 0 Å². The van der Waals surface area contributed by atoms with Gasteiger partial charge in [-0.2, -0.15) is 5.10 Å². The van der Waals surface area contributed by atoms with Gasteiger partial charge < -0.3 is 10.4 Å². The molecule has 1 fully saturated rings. The SMILES string of the molecule is CCCNC1(C(=O)O)CCCC(n2cc(C)cn2)C1. The van der Waals surface area contributed by atoms with Crippen LogP contribution in [0.3, 0.4) is 0 Å². The summed E-state index contributed by atoms with van der Waals surface area (Å²) in [6, 6.07) is 0.183. The number of carbonyl (C=O) groups is 1. The average molecular weight is 265 g/mol. The van der Waals surface area contributed by atoms with E-state index in [0.29, 0.717) is 12.8 Å². The Labute approximate surface area is 114 Å². The van der Waals surface area contributed by atoms with Crippen molar-refractivity contribution < 1.29 is 9.90 Å². The van der Waals surface area contributed by atoms with Crippen molar-refractivity contribution in [2.75, 3.05) is 6.54 Å². The van der Waals surface area contributed by atoms with E-state index in [1.165, 1.54) is 0 Å². The van der Waals surface area contributed by atoms with Gasteiger partial charge in [-0.05, 0) is 51.1 Å². The minimum atomic E-state index is -0.779. The zero-order valence-corrected chi connectivity index (χ0v) is 11.7. The molecule has 1 saturated carbocycles. The molecule has 0 aromatic carbocycles. The van der Waals surface area contributed by atoms with Crippen molar-refractivity contribution in [1.29, 1.82) is 0 Å². The fourth-order valence-corrected chi connectivity index (χ4v) is 2.90. The van der Waals surface area contributed by atoms with Crippen LogP contribution >= 0.6 is 0 Å². The second-order valence-corrected chi connectivity index (χ2v) is 5.56. The fraction of sp³-hybridized carbons (Fsp3) is 0.714. The first kappa shape index (κ1) is 14.1. The number of aryl methyl sites for hydroxylation is 1. The summed E-state index contributed by atoms with van der Waals surface area (Å²) >= 11 is 0. The van der Waals surface area contributed by atoms with Crippen LogP contribution in [0.4, 0.5) is 0 Å². The molecule has 0 saturated heterocycles. The normalized spacial score (nSPS) is 27.4. The Morgan fingerprint density at radius 2 is 2.47 bits per heavy atom. The molecule has 2 rings (SSSR count). The first-order valence-corrected chi connectivity index (χ1v) is 7.06. The van der Waals surface area contributed by atoms with E-state index in [4.69, 9.17) is 0 Å². The molecule has 0 aliphatic heterocycles. The number of hydrogen-bond donors (Lipinski definition) is 2. The Hall–Kier alpha value is -1.36. The number of carboxylic acids is 1. The number of rotatable bonds is 5. The van der Waals surface area contributed by atoms with Crippen molar-refractivity contribution in [2.24, 2.45) is 0 Å². The summed E-state index contributed by atoms with van der Waals surface area (Å²) in [7, 11) is 0. The highest BCUT2D eigenvalue weighted by Gasteiger charge is 2.43. The number of nitrogens with zero attached hydrogens (tertiary/aromatic N) is 2. The molecule has 1 aliphatic rings. The highest BCUT2D eigenvalue weighted by molar-refractivity contribution is 5.79. The van der Waals surface area contributed by atoms with Crippen molar-refractivity contribution in [3.63, 3.8) is 0 Å². The molecule has 2 atom stereocenters. The van der Waals surface area contributed by atoms with Gasteiger partial charge in [0.2, 0.25) is 0 Å². The molecule has 1 aromatic rings. The monoisotopic (exact) mass is 265 g/mol. The third-order valence-corrected chi connectivity index (χ3v) is 3.95. The maximum atomic E-state index is 11.7. The molecule has 2 unspecified atom stereocenters. The molecule has 106 valence electrons. The predicted molar refractivity (Wildman–Crippen MR) is 73.1 cm³/mol. The second-order valence-electron chi connectivity index (χ2n) is 5.56. The predicted octanol–water partition coefficient (Wildman–Crippen LogP) is 2.13. The van der Waals surface area contributed by atoms with Gasteiger partial charge in [0.05, 0.1) is 12.2 Å². The van der Waals surface area contributed by atoms with Crippen molar-refractivity contribution in [3.8, 4) is 0 Å². The van der Waals surface area contributed by atoms with Crippen LogP contribution in [0, 0.1) is 6.92 Å². The first-order valence-electron chi connectivity index (χ1n) is 7.06. The average Bonchev–Trinajstić information content (AvgIpc) is 2.83. The molecule has 0 radical (unpaired) electrons. The smallest absolute Gasteiger partial charge is 0.323 e. The molecule has 19 heavy (non-hydrogen) atoms. The molecule has 5 heteroatoms. The third kappa shape index (κ3) is 2.97. The van der Waals surface area contributed by atoms with Crippen LogP contribution in [-0.4, -0.2) is 32.9 Å². The van der Waals surface area contributed by atoms with Gasteiger partial charge in [0.25, 0.3) is 0 Å². The van der Waals surface area contributed by atoms with E-state index in [-0.39, 0.29) is 6.04 Å². The summed E-state index contributed by atoms with van der Waals surface area (Å²) in [6.07, 6.45) is 8.03. The molecule has 1 aromatic heterocycles. The Morgan fingerprint density at radius 1 is 1.68 bits per heavy atom. The van der Waals surface area contributed by atoms with Gasteiger partial charge in [0, 0.05) is 6.20 Å². The summed E-state index contributed by atoms with van der Waals surface area (Å²) < 4.78 is 1.93. The molecule has 2 N–H and O–H groups in total. The van der Waals surface area contributed by atoms with Crippen LogP contribution in [-0.2, 0) is 4.79 Å². The zero-order chi connectivity index (χ0) is 13.9. The lowest BCUT2D eigenvalue weighted by Gasteiger charge is -2.38. The van der Waals surface area contributed by atoms with E-state index in [0.717, 1.165) is 31.4 Å². The molecule has 5 nitrogen and oxygen atoms in total. The van der Waals surface area contributed by atoms with E-state index in [1.807, 2.05) is 24.0 Å². The fourth-order valence-electron chi connectivity index (χ4n) is 2.90. The highest BCUT2D eigenvalue weighted by Crippen LogP contribution is 2.35. The number of nitrogens with one attached hydrogen (secondary N) is 1. The van der Waals surface area contributed by atoms with Crippen LogP contribution in [0.25, 0.3) is 0 Å². The lowest BCUT2D eigenvalue weighted by Crippen LogP contribution is -2.55. The maximum absolute atomic E-state index is 11.7. The Bertz CT molecular complexity index is 444. The van der Waals surface area contributed by atoms with Gasteiger partial charge in [-0.3, -0.25) is 9.48 Å². The number of hydrogen-bond acceptors (Lipinski definition) is 3. The lowest BCUT2D eigenvalue weighted by atomic mass is 9.79. The van der Waals surface area contributed by atoms with Crippen molar-refractivity contribution in [1.82, 2.24) is 15.1 Å². The second kappa shape index (κ2) is 5.74. The van der Waals surface area contributed by atoms with E-state index >= 15 is 0 Å². The number of carboxylic acid groups (broad SMARTS) is 1. The van der Waals surface area contributed by atoms with Crippen molar-refractivity contribution >= 4 is 5.97 Å². The van der Waals surface area contributed by atoms with Gasteiger partial charge in [-0.25, -0.2) is 0 Å². The van der Waals surface area contributed by atoms with Crippen LogP contribution in [0.15, 0.2) is 12.4 Å². The minimum Gasteiger partial charge on any atom is -0.480 e. The zero-order valence-electron chi connectivity index (χ0n) is 11.7. The summed E-state index contributed by atoms with van der Waals surface area (Å²) in [5, 5.41) is 17.2. The molecule has 1 aliphatic carbocycles. The number of aromatic nitrogens is 2. The highest BCUT2D eigenvalue weighted by atomic mass is 16.4. The standard InChI is InChI=1S/C14H23N3O2/c1-3-7-15-14(13(18)19)6-4-5-12(8-14)17-10-11(2)9-16-17/h9-10,12,15H,3-8H2,1-2H3,(H,18,19). The van der Waals surface area contributed by atoms with Crippen molar-refractivity contribution in [3.05, 3.63) is 18.0 Å². The summed E-state index contributed by atoms with van der Waals surface area (Å²) in [6.45, 7) is 4.81.